The molecule has 246 valence electrons. The summed E-state index contributed by atoms with van der Waals surface area (Å²) in [7, 11) is -11.4. The van der Waals surface area contributed by atoms with Gasteiger partial charge in [0.1, 0.15) is 36.1 Å². The van der Waals surface area contributed by atoms with E-state index in [4.69, 9.17) is 20.6 Å². The Balaban J connectivity index is 0.00000480. The maximum absolute atomic E-state index is 12.3. The number of nitrogens with zero attached hydrogens (tertiary/aromatic N) is 4. The van der Waals surface area contributed by atoms with Gasteiger partial charge in [-0.2, -0.15) is 9.56 Å². The smallest absolute Gasteiger partial charge is 0.756 e. The van der Waals surface area contributed by atoms with Crippen LogP contribution in [0.25, 0.3) is 0 Å². The molecule has 1 aromatic rings. The Bertz CT molecular complexity index is 1540. The summed E-state index contributed by atoms with van der Waals surface area (Å²) < 4.78 is 49.7. The van der Waals surface area contributed by atoms with Crippen LogP contribution in [-0.4, -0.2) is 117 Å². The molecule has 0 bridgehead atoms. The fraction of sp³-hybridized carbons (Fsp3) is 0.524. The van der Waals surface area contributed by atoms with Crippen molar-refractivity contribution in [1.29, 1.82) is 5.41 Å². The molecule has 11 atom stereocenters. The number of guanidine groups is 1. The molecule has 2 fully saturated rings. The van der Waals surface area contributed by atoms with Crippen LogP contribution in [0, 0.1) is 5.41 Å². The average Bonchev–Trinajstić information content (AvgIpc) is 3.60. The van der Waals surface area contributed by atoms with Gasteiger partial charge in [-0.3, -0.25) is 39.3 Å². The summed E-state index contributed by atoms with van der Waals surface area (Å²) in [6, 6.07) is 1.63. The van der Waals surface area contributed by atoms with Crippen molar-refractivity contribution in [1.82, 2.24) is 10.2 Å². The second-order valence-corrected chi connectivity index (χ2v) is 12.9. The molecule has 5 rings (SSSR count). The molecule has 8 N–H and O–H groups in total. The molecule has 2 saturated heterocycles. The zero-order valence-corrected chi connectivity index (χ0v) is 27.3. The van der Waals surface area contributed by atoms with Gasteiger partial charge in [0.25, 0.3) is 33.7 Å². The number of carbonyl (C=O) groups excluding carboxylic acids is 2. The first-order valence-electron chi connectivity index (χ1n) is 12.8. The first-order chi connectivity index (χ1) is 21.1. The third-order valence-electron chi connectivity index (χ3n) is 6.91. The van der Waals surface area contributed by atoms with Gasteiger partial charge in [0.05, 0.1) is 19.6 Å². The number of ether oxygens (including phenoxy) is 2. The van der Waals surface area contributed by atoms with Crippen molar-refractivity contribution in [3.05, 3.63) is 30.1 Å². The molecule has 0 saturated carbocycles. The normalized spacial score (nSPS) is 34.7. The van der Waals surface area contributed by atoms with Gasteiger partial charge >= 0.3 is 29.6 Å². The summed E-state index contributed by atoms with van der Waals surface area (Å²) in [6.45, 7) is -2.06. The molecule has 2 amide bonds. The van der Waals surface area contributed by atoms with Crippen molar-refractivity contribution in [3.8, 4) is 0 Å². The maximum atomic E-state index is 12.3. The van der Waals surface area contributed by atoms with Gasteiger partial charge in [0.15, 0.2) is 36.6 Å². The maximum Gasteiger partial charge on any atom is 1.00 e. The molecule has 25 heteroatoms. The summed E-state index contributed by atoms with van der Waals surface area (Å²) in [6.07, 6.45) is -9.02. The molecule has 0 radical (unpaired) electrons. The van der Waals surface area contributed by atoms with Crippen molar-refractivity contribution < 1.29 is 106 Å². The number of rotatable bonds is 11. The van der Waals surface area contributed by atoms with Crippen molar-refractivity contribution >= 4 is 45.6 Å². The first-order valence-corrected chi connectivity index (χ1v) is 15.7. The van der Waals surface area contributed by atoms with E-state index >= 15 is 0 Å². The van der Waals surface area contributed by atoms with Crippen LogP contribution < -0.4 is 55.0 Å². The van der Waals surface area contributed by atoms with E-state index in [9.17, 15) is 48.9 Å². The van der Waals surface area contributed by atoms with Gasteiger partial charge < -0.3 is 54.5 Å². The van der Waals surface area contributed by atoms with Crippen LogP contribution in [0.5, 0.6) is 0 Å². The number of carbonyl (C=O) groups is 2. The number of phosphoric ester groups is 2. The second kappa shape index (κ2) is 14.2. The molecule has 22 nitrogen and oxygen atoms in total. The Kier molecular flexibility index (Phi) is 11.3. The fourth-order valence-corrected chi connectivity index (χ4v) is 6.75. The molecule has 4 aliphatic rings. The molecule has 4 unspecified atom stereocenters. The van der Waals surface area contributed by atoms with Gasteiger partial charge in [-0.25, -0.2) is 4.31 Å². The van der Waals surface area contributed by atoms with Crippen LogP contribution in [0.4, 0.5) is 0 Å². The van der Waals surface area contributed by atoms with Gasteiger partial charge in [-0.05, 0) is 6.07 Å². The molecular weight excluding hydrogens is 675 g/mol. The number of primary amides is 1. The van der Waals surface area contributed by atoms with Crippen molar-refractivity contribution in [2.75, 3.05) is 13.2 Å². The monoisotopic (exact) mass is 701 g/mol. The summed E-state index contributed by atoms with van der Waals surface area (Å²) in [5.41, 5.74) is 5.27. The molecule has 0 spiro atoms. The number of phosphoric acid groups is 2. The number of fused-ring (bicyclic) bond motifs is 1. The number of aliphatic hydroxyl groups excluding tert-OH is 4. The SMILES string of the molecule is N=C1N=C2C(N=CN2[C@@H]2O[C@H](COP(=O)([O-])OP(=O)([O-])OC[C@H]3O[C@@H]([n+]4cccc(C(N)=O)c4)[C@H](O)[C@@H]3O)[C@H](O)C2O)C(=O)N1.[Na+]. The minimum absolute atomic E-state index is 0. The van der Waals surface area contributed by atoms with Crippen LogP contribution in [0.15, 0.2) is 34.5 Å². The van der Waals surface area contributed by atoms with Crippen LogP contribution in [0.2, 0.25) is 0 Å². The Labute approximate surface area is 280 Å². The number of hydrogen-bond acceptors (Lipinski definition) is 18. The average molecular weight is 701 g/mol. The van der Waals surface area contributed by atoms with E-state index in [2.05, 4.69) is 28.7 Å². The van der Waals surface area contributed by atoms with Gasteiger partial charge in [0.2, 0.25) is 5.96 Å². The molecule has 5 heterocycles. The zero-order chi connectivity index (χ0) is 32.8. The van der Waals surface area contributed by atoms with E-state index in [-0.39, 0.29) is 41.0 Å². The Morgan fingerprint density at radius 3 is 2.33 bits per heavy atom. The Morgan fingerprint density at radius 1 is 1.09 bits per heavy atom. The predicted octanol–water partition coefficient (Wildman–Crippen LogP) is -8.69. The summed E-state index contributed by atoms with van der Waals surface area (Å²) in [4.78, 5) is 56.8. The number of pyridine rings is 1. The number of hydrogen-bond donors (Lipinski definition) is 7. The van der Waals surface area contributed by atoms with Crippen molar-refractivity contribution in [2.45, 2.75) is 55.1 Å². The topological polar surface area (TPSA) is 335 Å². The standard InChI is InChI=1S/C21H27N7O15P2.Na/c22-16(33)8-2-1-3-27(4-8)19-14(31)12(29)9(41-19)5-39-44(35,36)43-45(37,38)40-6-10-13(30)15(32)20(42-10)28-7-24-11-17(28)25-21(23)26-18(11)34;/h1-4,7,9-15,19-20,29-32H,5-6H2,(H5-,22,23,26,33,34,35,36,37,38);/q;+1/p-1/t9-,10-,11?,12-,13+,14-,15?,19-,20-;/m1./s1. The third kappa shape index (κ3) is 7.79. The van der Waals surface area contributed by atoms with E-state index in [0.717, 1.165) is 11.2 Å². The van der Waals surface area contributed by atoms with E-state index in [0.29, 0.717) is 0 Å². The summed E-state index contributed by atoms with van der Waals surface area (Å²) >= 11 is 0. The van der Waals surface area contributed by atoms with Gasteiger partial charge in [0, 0.05) is 6.07 Å². The number of amides is 2. The van der Waals surface area contributed by atoms with Gasteiger partial charge in [-0.15, -0.1) is 0 Å². The minimum Gasteiger partial charge on any atom is -0.756 e. The molecular formula is C21H26N7NaO15P2. The largest absolute Gasteiger partial charge is 1.00 e. The molecule has 0 aromatic carbocycles. The Hall–Kier alpha value is -2.08. The van der Waals surface area contributed by atoms with Crippen molar-refractivity contribution in [3.63, 3.8) is 0 Å². The molecule has 0 aliphatic carbocycles. The number of aromatic nitrogens is 1. The molecule has 4 aliphatic heterocycles. The number of nitrogens with two attached hydrogens (primary N) is 1. The number of nitrogens with one attached hydrogen (secondary N) is 2. The van der Waals surface area contributed by atoms with E-state index in [1.165, 1.54) is 29.1 Å². The van der Waals surface area contributed by atoms with Crippen LogP contribution >= 0.6 is 15.6 Å². The summed E-state index contributed by atoms with van der Waals surface area (Å²) in [5.74, 6) is -2.08. The zero-order valence-electron chi connectivity index (χ0n) is 23.5. The summed E-state index contributed by atoms with van der Waals surface area (Å²) in [5, 5.41) is 51.2. The number of aliphatic hydroxyl groups is 4. The van der Waals surface area contributed by atoms with Crippen LogP contribution in [-0.2, 0) is 36.8 Å². The minimum atomic E-state index is -5.73. The van der Waals surface area contributed by atoms with E-state index in [1.807, 2.05) is 0 Å². The quantitative estimate of drug-likeness (QED) is 0.0640. The number of amidine groups is 1. The Morgan fingerprint density at radius 2 is 1.70 bits per heavy atom. The van der Waals surface area contributed by atoms with Crippen LogP contribution in [0.1, 0.15) is 16.6 Å². The number of aliphatic imine (C=N–C) groups is 2. The predicted molar refractivity (Wildman–Crippen MR) is 137 cm³/mol. The third-order valence-corrected chi connectivity index (χ3v) is 9.44. The van der Waals surface area contributed by atoms with E-state index < -0.39 is 102 Å². The van der Waals surface area contributed by atoms with Crippen LogP contribution in [0.3, 0.4) is 0 Å². The molecule has 46 heavy (non-hydrogen) atoms. The van der Waals surface area contributed by atoms with Gasteiger partial charge in [-0.1, -0.05) is 0 Å². The fourth-order valence-electron chi connectivity index (χ4n) is 4.74. The molecule has 1 aromatic heterocycles. The van der Waals surface area contributed by atoms with Crippen molar-refractivity contribution in [2.24, 2.45) is 15.7 Å². The second-order valence-electron chi connectivity index (χ2n) is 9.95. The first kappa shape index (κ1) is 36.8. The van der Waals surface area contributed by atoms with E-state index in [1.54, 1.807) is 0 Å².